The second-order valence-electron chi connectivity index (χ2n) is 3.43. The van der Waals surface area contributed by atoms with Crippen molar-refractivity contribution in [1.82, 2.24) is 0 Å². The Hall–Kier alpha value is -2.10. The average Bonchev–Trinajstić information content (AvgIpc) is 2.13. The van der Waals surface area contributed by atoms with Gasteiger partial charge >= 0.3 is 0 Å². The molecule has 0 fully saturated rings. The molecule has 4 heteroatoms. The van der Waals surface area contributed by atoms with Gasteiger partial charge < -0.3 is 10.2 Å². The van der Waals surface area contributed by atoms with Crippen LogP contribution in [0.3, 0.4) is 0 Å². The number of benzene rings is 1. The molecule has 0 saturated carbocycles. The van der Waals surface area contributed by atoms with Crippen LogP contribution in [0.25, 0.3) is 0 Å². The number of aryl methyl sites for hydroxylation is 1. The summed E-state index contributed by atoms with van der Waals surface area (Å²) in [6.07, 6.45) is 0.865. The molecular formula is C11H8O4. The molecule has 0 aliphatic heterocycles. The van der Waals surface area contributed by atoms with E-state index in [2.05, 4.69) is 0 Å². The Morgan fingerprint density at radius 3 is 2.47 bits per heavy atom. The fourth-order valence-electron chi connectivity index (χ4n) is 1.60. The highest BCUT2D eigenvalue weighted by Gasteiger charge is 2.28. The molecule has 15 heavy (non-hydrogen) atoms. The zero-order valence-electron chi connectivity index (χ0n) is 7.94. The van der Waals surface area contributed by atoms with Crippen LogP contribution < -0.4 is 0 Å². The third-order valence-electron chi connectivity index (χ3n) is 2.25. The molecule has 0 saturated heterocycles. The van der Waals surface area contributed by atoms with Crippen LogP contribution in [0.4, 0.5) is 0 Å². The van der Waals surface area contributed by atoms with Gasteiger partial charge in [0.1, 0.15) is 5.75 Å². The first-order chi connectivity index (χ1) is 7.00. The van der Waals surface area contributed by atoms with Gasteiger partial charge in [0.05, 0.1) is 5.56 Å². The lowest BCUT2D eigenvalue weighted by Gasteiger charge is -2.13. The van der Waals surface area contributed by atoms with Crippen molar-refractivity contribution in [3.8, 4) is 5.75 Å². The number of aliphatic hydroxyl groups is 1. The maximum Gasteiger partial charge on any atom is 0.231 e. The number of fused-ring (bicyclic) bond motifs is 1. The van der Waals surface area contributed by atoms with Gasteiger partial charge in [-0.25, -0.2) is 0 Å². The molecule has 2 N–H and O–H groups in total. The number of aliphatic hydroxyl groups excluding tert-OH is 1. The zero-order valence-corrected chi connectivity index (χ0v) is 7.94. The van der Waals surface area contributed by atoms with E-state index in [9.17, 15) is 14.7 Å². The van der Waals surface area contributed by atoms with Gasteiger partial charge in [-0.2, -0.15) is 0 Å². The Morgan fingerprint density at radius 2 is 1.80 bits per heavy atom. The van der Waals surface area contributed by atoms with Gasteiger partial charge in [-0.05, 0) is 24.6 Å². The van der Waals surface area contributed by atoms with Crippen molar-refractivity contribution in [2.45, 2.75) is 6.92 Å². The molecule has 4 nitrogen and oxygen atoms in total. The summed E-state index contributed by atoms with van der Waals surface area (Å²) in [4.78, 5) is 22.9. The first-order valence-corrected chi connectivity index (χ1v) is 4.34. The SMILES string of the molecule is Cc1cc(O)c2c(c1)C(=O)C=C(O)C2=O. The summed E-state index contributed by atoms with van der Waals surface area (Å²) in [6, 6.07) is 2.89. The van der Waals surface area contributed by atoms with Crippen LogP contribution >= 0.6 is 0 Å². The van der Waals surface area contributed by atoms with E-state index >= 15 is 0 Å². The van der Waals surface area contributed by atoms with Crippen LogP contribution in [-0.2, 0) is 0 Å². The van der Waals surface area contributed by atoms with Crippen molar-refractivity contribution < 1.29 is 19.8 Å². The van der Waals surface area contributed by atoms with E-state index in [1.54, 1.807) is 6.92 Å². The van der Waals surface area contributed by atoms with Crippen LogP contribution in [0, 0.1) is 6.92 Å². The van der Waals surface area contributed by atoms with E-state index in [-0.39, 0.29) is 16.9 Å². The monoisotopic (exact) mass is 204 g/mol. The number of phenolic OH excluding ortho intramolecular Hbond substituents is 1. The lowest BCUT2D eigenvalue weighted by atomic mass is 9.91. The summed E-state index contributed by atoms with van der Waals surface area (Å²) in [5.74, 6) is -2.10. The van der Waals surface area contributed by atoms with Gasteiger partial charge in [-0.1, -0.05) is 0 Å². The topological polar surface area (TPSA) is 74.6 Å². The number of carbonyl (C=O) groups excluding carboxylic acids is 2. The molecule has 1 aromatic rings. The molecule has 0 atom stereocenters. The summed E-state index contributed by atoms with van der Waals surface area (Å²) in [6.45, 7) is 1.70. The van der Waals surface area contributed by atoms with Gasteiger partial charge in [-0.3, -0.25) is 9.59 Å². The Bertz CT molecular complexity index is 512. The second kappa shape index (κ2) is 2.95. The lowest BCUT2D eigenvalue weighted by Crippen LogP contribution is -2.17. The minimum absolute atomic E-state index is 0.120. The number of allylic oxidation sites excluding steroid dienone is 2. The first-order valence-electron chi connectivity index (χ1n) is 4.34. The summed E-state index contributed by atoms with van der Waals surface area (Å²) in [5.41, 5.74) is 0.697. The fraction of sp³-hybridized carbons (Fsp3) is 0.0909. The van der Waals surface area contributed by atoms with E-state index < -0.39 is 17.3 Å². The molecule has 1 aliphatic rings. The van der Waals surface area contributed by atoms with Crippen LogP contribution in [0.2, 0.25) is 0 Å². The smallest absolute Gasteiger partial charge is 0.231 e. The molecule has 0 spiro atoms. The number of hydrogen-bond acceptors (Lipinski definition) is 4. The predicted molar refractivity (Wildman–Crippen MR) is 52.2 cm³/mol. The number of ketones is 2. The largest absolute Gasteiger partial charge is 0.507 e. The second-order valence-corrected chi connectivity index (χ2v) is 3.43. The standard InChI is InChI=1S/C11H8O4/c1-5-2-6-7(12)4-9(14)11(15)10(6)8(13)3-5/h2-4,13-14H,1H3. The van der Waals surface area contributed by atoms with Crippen molar-refractivity contribution in [1.29, 1.82) is 0 Å². The summed E-state index contributed by atoms with van der Waals surface area (Å²) < 4.78 is 0. The van der Waals surface area contributed by atoms with Crippen LogP contribution in [-0.4, -0.2) is 21.8 Å². The normalized spacial score (nSPS) is 14.9. The predicted octanol–water partition coefficient (Wildman–Crippen LogP) is 1.52. The van der Waals surface area contributed by atoms with Crippen molar-refractivity contribution in [2.75, 3.05) is 0 Å². The number of rotatable bonds is 0. The Morgan fingerprint density at radius 1 is 1.13 bits per heavy atom. The maximum absolute atomic E-state index is 11.5. The minimum Gasteiger partial charge on any atom is -0.507 e. The average molecular weight is 204 g/mol. The number of aromatic hydroxyl groups is 1. The molecule has 0 heterocycles. The number of Topliss-reactive ketones (excluding diaryl/α,β-unsaturated/α-hetero) is 1. The Balaban J connectivity index is 2.78. The summed E-state index contributed by atoms with van der Waals surface area (Å²) in [5, 5.41) is 18.7. The molecule has 0 unspecified atom stereocenters. The molecule has 0 amide bonds. The number of phenols is 1. The van der Waals surface area contributed by atoms with Gasteiger partial charge in [0.25, 0.3) is 0 Å². The van der Waals surface area contributed by atoms with E-state index in [1.165, 1.54) is 12.1 Å². The van der Waals surface area contributed by atoms with E-state index in [0.717, 1.165) is 6.08 Å². The van der Waals surface area contributed by atoms with Crippen LogP contribution in [0.5, 0.6) is 5.75 Å². The quantitative estimate of drug-likeness (QED) is 0.671. The van der Waals surface area contributed by atoms with Crippen molar-refractivity contribution in [2.24, 2.45) is 0 Å². The highest BCUT2D eigenvalue weighted by Crippen LogP contribution is 2.29. The van der Waals surface area contributed by atoms with Gasteiger partial charge in [-0.15, -0.1) is 0 Å². The third-order valence-corrected chi connectivity index (χ3v) is 2.25. The van der Waals surface area contributed by atoms with Crippen molar-refractivity contribution in [3.05, 3.63) is 40.7 Å². The molecule has 0 aromatic heterocycles. The van der Waals surface area contributed by atoms with Gasteiger partial charge in [0.15, 0.2) is 11.5 Å². The Kier molecular flexibility index (Phi) is 1.86. The lowest BCUT2D eigenvalue weighted by molar-refractivity contribution is 0.0936. The van der Waals surface area contributed by atoms with Crippen LogP contribution in [0.1, 0.15) is 26.3 Å². The summed E-state index contributed by atoms with van der Waals surface area (Å²) in [7, 11) is 0. The van der Waals surface area contributed by atoms with E-state index in [1.807, 2.05) is 0 Å². The molecule has 1 aliphatic carbocycles. The number of hydrogen-bond donors (Lipinski definition) is 2. The van der Waals surface area contributed by atoms with E-state index in [0.29, 0.717) is 5.56 Å². The summed E-state index contributed by atoms with van der Waals surface area (Å²) >= 11 is 0. The third kappa shape index (κ3) is 1.30. The van der Waals surface area contributed by atoms with Crippen LogP contribution in [0.15, 0.2) is 24.0 Å². The molecule has 0 bridgehead atoms. The zero-order chi connectivity index (χ0) is 11.2. The maximum atomic E-state index is 11.5. The fourth-order valence-corrected chi connectivity index (χ4v) is 1.60. The molecule has 1 aromatic carbocycles. The number of carbonyl (C=O) groups is 2. The highest BCUT2D eigenvalue weighted by molar-refractivity contribution is 6.24. The highest BCUT2D eigenvalue weighted by atomic mass is 16.3. The van der Waals surface area contributed by atoms with Crippen molar-refractivity contribution in [3.63, 3.8) is 0 Å². The molecule has 76 valence electrons. The minimum atomic E-state index is -0.720. The first kappa shape index (κ1) is 9.45. The van der Waals surface area contributed by atoms with Crippen molar-refractivity contribution >= 4 is 11.6 Å². The Labute approximate surface area is 85.5 Å². The molecular weight excluding hydrogens is 196 g/mol. The molecule has 0 radical (unpaired) electrons. The van der Waals surface area contributed by atoms with Gasteiger partial charge in [0, 0.05) is 11.6 Å². The van der Waals surface area contributed by atoms with E-state index in [4.69, 9.17) is 5.11 Å². The van der Waals surface area contributed by atoms with Gasteiger partial charge in [0.2, 0.25) is 5.78 Å². The molecule has 2 rings (SSSR count).